The summed E-state index contributed by atoms with van der Waals surface area (Å²) >= 11 is 0. The number of amides is 1. The van der Waals surface area contributed by atoms with Gasteiger partial charge in [-0.25, -0.2) is 4.79 Å². The monoisotopic (exact) mass is 385 g/mol. The van der Waals surface area contributed by atoms with E-state index in [2.05, 4.69) is 10.1 Å². The van der Waals surface area contributed by atoms with E-state index in [9.17, 15) is 24.9 Å². The van der Waals surface area contributed by atoms with E-state index >= 15 is 0 Å². The zero-order chi connectivity index (χ0) is 20.1. The van der Waals surface area contributed by atoms with Crippen molar-refractivity contribution >= 4 is 11.9 Å². The molecule has 10 nitrogen and oxygen atoms in total. The molecular formula is C17H23NO9. The lowest BCUT2D eigenvalue weighted by molar-refractivity contribution is -0.244. The molecular weight excluding hydrogens is 362 g/mol. The molecule has 1 fully saturated rings. The largest absolute Gasteiger partial charge is 0.493 e. The van der Waals surface area contributed by atoms with Crippen LogP contribution in [0.5, 0.6) is 11.5 Å². The van der Waals surface area contributed by atoms with Crippen molar-refractivity contribution in [3.8, 4) is 11.5 Å². The van der Waals surface area contributed by atoms with Gasteiger partial charge in [0, 0.05) is 6.92 Å². The molecule has 1 saturated heterocycles. The van der Waals surface area contributed by atoms with Crippen molar-refractivity contribution in [2.75, 3.05) is 20.8 Å². The van der Waals surface area contributed by atoms with Gasteiger partial charge in [-0.15, -0.1) is 0 Å². The summed E-state index contributed by atoms with van der Waals surface area (Å²) in [6.07, 6.45) is -5.21. The summed E-state index contributed by atoms with van der Waals surface area (Å²) in [5.74, 6) is -0.697. The van der Waals surface area contributed by atoms with E-state index in [4.69, 9.17) is 14.2 Å². The maximum atomic E-state index is 11.6. The van der Waals surface area contributed by atoms with Crippen molar-refractivity contribution in [2.24, 2.45) is 0 Å². The fraction of sp³-hybridized carbons (Fsp3) is 0.529. The standard InChI is InChI=1S/C17H23NO9/c1-8(20)18-13-15(22)14(21)12(7-19)27-17(13)26-10-5-4-9(16(23)25-3)6-11(10)24-2/h4-6,12-15,17,19,21-22H,7H2,1-3H3,(H,18,20)/t12-,13+,14+,15+,17-/m0/s1. The lowest BCUT2D eigenvalue weighted by Crippen LogP contribution is -2.65. The van der Waals surface area contributed by atoms with Crippen molar-refractivity contribution in [3.05, 3.63) is 23.8 Å². The number of aliphatic hydroxyl groups excluding tert-OH is 3. The summed E-state index contributed by atoms with van der Waals surface area (Å²) in [6.45, 7) is 0.670. The van der Waals surface area contributed by atoms with Crippen LogP contribution in [0, 0.1) is 0 Å². The summed E-state index contributed by atoms with van der Waals surface area (Å²) in [4.78, 5) is 23.1. The Labute approximate surface area is 155 Å². The normalized spacial score (nSPS) is 27.6. The van der Waals surface area contributed by atoms with Crippen LogP contribution in [0.25, 0.3) is 0 Å². The molecule has 150 valence electrons. The second kappa shape index (κ2) is 9.00. The smallest absolute Gasteiger partial charge is 0.337 e. The number of methoxy groups -OCH3 is 2. The first-order valence-electron chi connectivity index (χ1n) is 8.15. The number of nitrogens with one attached hydrogen (secondary N) is 1. The predicted molar refractivity (Wildman–Crippen MR) is 90.3 cm³/mol. The number of ether oxygens (including phenoxy) is 4. The molecule has 1 aliphatic heterocycles. The van der Waals surface area contributed by atoms with Gasteiger partial charge in [0.25, 0.3) is 0 Å². The second-order valence-electron chi connectivity index (χ2n) is 5.91. The number of hydrogen-bond donors (Lipinski definition) is 4. The van der Waals surface area contributed by atoms with Crippen LogP contribution in [0.2, 0.25) is 0 Å². The topological polar surface area (TPSA) is 144 Å². The Kier molecular flexibility index (Phi) is 6.97. The van der Waals surface area contributed by atoms with E-state index in [-0.39, 0.29) is 17.1 Å². The molecule has 1 aromatic rings. The Morgan fingerprint density at radius 2 is 1.89 bits per heavy atom. The minimum atomic E-state index is -1.44. The van der Waals surface area contributed by atoms with Crippen LogP contribution in [0.4, 0.5) is 0 Å². The number of benzene rings is 1. The number of carbonyl (C=O) groups excluding carboxylic acids is 2. The van der Waals surface area contributed by atoms with Gasteiger partial charge in [-0.2, -0.15) is 0 Å². The minimum Gasteiger partial charge on any atom is -0.493 e. The lowest BCUT2D eigenvalue weighted by Gasteiger charge is -2.42. The first-order chi connectivity index (χ1) is 12.8. The van der Waals surface area contributed by atoms with Crippen molar-refractivity contribution in [1.29, 1.82) is 0 Å². The highest BCUT2D eigenvalue weighted by Gasteiger charge is 2.46. The minimum absolute atomic E-state index is 0.158. The highest BCUT2D eigenvalue weighted by molar-refractivity contribution is 5.90. The van der Waals surface area contributed by atoms with Gasteiger partial charge in [0.1, 0.15) is 24.4 Å². The lowest BCUT2D eigenvalue weighted by atomic mass is 9.97. The van der Waals surface area contributed by atoms with E-state index in [1.807, 2.05) is 0 Å². The number of hydrogen-bond acceptors (Lipinski definition) is 9. The zero-order valence-corrected chi connectivity index (χ0v) is 15.1. The van der Waals surface area contributed by atoms with E-state index in [1.165, 1.54) is 39.3 Å². The highest BCUT2D eigenvalue weighted by atomic mass is 16.7. The third kappa shape index (κ3) is 4.66. The van der Waals surface area contributed by atoms with Crippen LogP contribution in [-0.2, 0) is 14.3 Å². The van der Waals surface area contributed by atoms with Gasteiger partial charge in [0.05, 0.1) is 26.4 Å². The first kappa shape index (κ1) is 20.9. The Bertz CT molecular complexity index is 680. The molecule has 0 aliphatic carbocycles. The summed E-state index contributed by atoms with van der Waals surface area (Å²) in [5.41, 5.74) is 0.230. The maximum Gasteiger partial charge on any atom is 0.337 e. The molecule has 0 radical (unpaired) electrons. The molecule has 0 saturated carbocycles. The molecule has 1 aliphatic rings. The predicted octanol–water partition coefficient (Wildman–Crippen LogP) is -1.20. The molecule has 27 heavy (non-hydrogen) atoms. The quantitative estimate of drug-likeness (QED) is 0.444. The Hall–Kier alpha value is -2.40. The van der Waals surface area contributed by atoms with Crippen LogP contribution in [-0.4, -0.2) is 78.7 Å². The Morgan fingerprint density at radius 1 is 1.19 bits per heavy atom. The fourth-order valence-corrected chi connectivity index (χ4v) is 2.71. The molecule has 1 aromatic carbocycles. The van der Waals surface area contributed by atoms with Crippen molar-refractivity contribution in [3.63, 3.8) is 0 Å². The number of rotatable bonds is 6. The fourth-order valence-electron chi connectivity index (χ4n) is 2.71. The van der Waals surface area contributed by atoms with Crippen molar-refractivity contribution in [2.45, 2.75) is 37.6 Å². The van der Waals surface area contributed by atoms with Crippen molar-refractivity contribution < 1.29 is 43.9 Å². The summed E-state index contributed by atoms with van der Waals surface area (Å²) < 4.78 is 21.1. The number of carbonyl (C=O) groups is 2. The third-order valence-electron chi connectivity index (χ3n) is 4.08. The van der Waals surface area contributed by atoms with E-state index in [1.54, 1.807) is 0 Å². The average Bonchev–Trinajstić information content (AvgIpc) is 2.66. The molecule has 1 heterocycles. The van der Waals surface area contributed by atoms with Gasteiger partial charge in [-0.05, 0) is 18.2 Å². The number of aliphatic hydroxyl groups is 3. The van der Waals surface area contributed by atoms with Gasteiger partial charge in [0.2, 0.25) is 12.2 Å². The summed E-state index contributed by atoms with van der Waals surface area (Å²) in [6, 6.07) is 3.16. The highest BCUT2D eigenvalue weighted by Crippen LogP contribution is 2.32. The summed E-state index contributed by atoms with van der Waals surface area (Å²) in [7, 11) is 2.61. The Morgan fingerprint density at radius 3 is 2.44 bits per heavy atom. The van der Waals surface area contributed by atoms with Gasteiger partial charge >= 0.3 is 5.97 Å². The molecule has 4 N–H and O–H groups in total. The van der Waals surface area contributed by atoms with Crippen LogP contribution in [0.1, 0.15) is 17.3 Å². The van der Waals surface area contributed by atoms with E-state index in [0.717, 1.165) is 0 Å². The average molecular weight is 385 g/mol. The molecule has 0 unspecified atom stereocenters. The SMILES string of the molecule is COC(=O)c1ccc(O[C@H]2O[C@@H](CO)[C@@H](O)[C@H](O)[C@H]2NC(C)=O)c(OC)c1. The van der Waals surface area contributed by atoms with Crippen molar-refractivity contribution in [1.82, 2.24) is 5.32 Å². The molecule has 1 amide bonds. The molecule has 2 rings (SSSR count). The van der Waals surface area contributed by atoms with Gasteiger partial charge < -0.3 is 39.6 Å². The van der Waals surface area contributed by atoms with Gasteiger partial charge in [-0.1, -0.05) is 0 Å². The maximum absolute atomic E-state index is 11.6. The second-order valence-corrected chi connectivity index (χ2v) is 5.91. The summed E-state index contributed by atoms with van der Waals surface area (Å²) in [5, 5.41) is 32.1. The van der Waals surface area contributed by atoms with Crippen LogP contribution in [0.3, 0.4) is 0 Å². The third-order valence-corrected chi connectivity index (χ3v) is 4.08. The molecule has 10 heteroatoms. The van der Waals surface area contributed by atoms with Gasteiger partial charge in [0.15, 0.2) is 11.5 Å². The number of esters is 1. The first-order valence-corrected chi connectivity index (χ1v) is 8.15. The van der Waals surface area contributed by atoms with E-state index in [0.29, 0.717) is 0 Å². The van der Waals surface area contributed by atoms with Crippen LogP contribution in [0.15, 0.2) is 18.2 Å². The molecule has 0 aromatic heterocycles. The molecule has 0 spiro atoms. The van der Waals surface area contributed by atoms with Gasteiger partial charge in [-0.3, -0.25) is 4.79 Å². The zero-order valence-electron chi connectivity index (χ0n) is 15.1. The van der Waals surface area contributed by atoms with Crippen LogP contribution >= 0.6 is 0 Å². The Balaban J connectivity index is 2.30. The molecule has 5 atom stereocenters. The molecule has 0 bridgehead atoms. The van der Waals surface area contributed by atoms with Crippen LogP contribution < -0.4 is 14.8 Å². The van der Waals surface area contributed by atoms with E-state index < -0.39 is 49.1 Å².